The number of halogens is 1. The molecule has 1 atom stereocenters. The van der Waals surface area contributed by atoms with E-state index in [1.165, 1.54) is 4.90 Å². The largest absolute Gasteiger partial charge is 0.352 e. The minimum Gasteiger partial charge on any atom is -0.352 e. The fourth-order valence-electron chi connectivity index (χ4n) is 4.23. The first-order chi connectivity index (χ1) is 18.5. The van der Waals surface area contributed by atoms with E-state index in [-0.39, 0.29) is 24.9 Å². The number of sulfonamides is 1. The smallest absolute Gasteiger partial charge is 0.244 e. The van der Waals surface area contributed by atoms with Crippen LogP contribution in [0, 0.1) is 0 Å². The van der Waals surface area contributed by atoms with E-state index in [1.807, 2.05) is 87.5 Å². The van der Waals surface area contributed by atoms with Gasteiger partial charge in [-0.05, 0) is 61.2 Å². The number of carbonyl (C=O) groups excluding carboxylic acids is 2. The van der Waals surface area contributed by atoms with Crippen molar-refractivity contribution < 1.29 is 18.0 Å². The molecule has 0 spiro atoms. The molecule has 39 heavy (non-hydrogen) atoms. The van der Waals surface area contributed by atoms with Crippen molar-refractivity contribution in [2.75, 3.05) is 17.1 Å². The third kappa shape index (κ3) is 8.93. The van der Waals surface area contributed by atoms with Gasteiger partial charge in [0.25, 0.3) is 0 Å². The third-order valence-electron chi connectivity index (χ3n) is 6.28. The molecule has 0 aliphatic heterocycles. The van der Waals surface area contributed by atoms with E-state index >= 15 is 0 Å². The van der Waals surface area contributed by atoms with E-state index in [4.69, 9.17) is 0 Å². The molecular weight excluding hydrogens is 578 g/mol. The van der Waals surface area contributed by atoms with Crippen molar-refractivity contribution in [3.63, 3.8) is 0 Å². The minimum absolute atomic E-state index is 0.134. The van der Waals surface area contributed by atoms with Crippen LogP contribution in [0.2, 0.25) is 0 Å². The molecule has 7 nitrogen and oxygen atoms in total. The van der Waals surface area contributed by atoms with Gasteiger partial charge in [-0.2, -0.15) is 0 Å². The molecule has 1 N–H and O–H groups in total. The van der Waals surface area contributed by atoms with Crippen LogP contribution in [0.15, 0.2) is 83.3 Å². The van der Waals surface area contributed by atoms with Gasteiger partial charge in [-0.15, -0.1) is 0 Å². The molecule has 0 aliphatic rings. The van der Waals surface area contributed by atoms with Crippen LogP contribution in [0.5, 0.6) is 0 Å². The van der Waals surface area contributed by atoms with E-state index in [2.05, 4.69) is 21.2 Å². The van der Waals surface area contributed by atoms with Gasteiger partial charge >= 0.3 is 0 Å². The van der Waals surface area contributed by atoms with E-state index < -0.39 is 28.5 Å². The number of amides is 2. The maximum atomic E-state index is 14.0. The van der Waals surface area contributed by atoms with E-state index in [1.54, 1.807) is 12.1 Å². The molecule has 0 bridgehead atoms. The van der Waals surface area contributed by atoms with Gasteiger partial charge in [0.15, 0.2) is 0 Å². The average Bonchev–Trinajstić information content (AvgIpc) is 2.90. The fourth-order valence-corrected chi connectivity index (χ4v) is 5.35. The second kappa shape index (κ2) is 13.8. The van der Waals surface area contributed by atoms with Gasteiger partial charge in [-0.25, -0.2) is 8.42 Å². The van der Waals surface area contributed by atoms with E-state index in [0.717, 1.165) is 38.1 Å². The van der Waals surface area contributed by atoms with Crippen LogP contribution in [0.3, 0.4) is 0 Å². The summed E-state index contributed by atoms with van der Waals surface area (Å²) in [6.07, 6.45) is 2.18. The Morgan fingerprint density at radius 3 is 2.00 bits per heavy atom. The molecule has 208 valence electrons. The zero-order valence-electron chi connectivity index (χ0n) is 22.8. The summed E-state index contributed by atoms with van der Waals surface area (Å²) in [6.45, 7) is 5.46. The Kier molecular flexibility index (Phi) is 10.7. The summed E-state index contributed by atoms with van der Waals surface area (Å²) in [5.74, 6) is -0.764. The third-order valence-corrected chi connectivity index (χ3v) is 7.95. The lowest BCUT2D eigenvalue weighted by Gasteiger charge is -2.34. The molecule has 3 rings (SSSR count). The number of carbonyl (C=O) groups is 2. The molecule has 0 fully saturated rings. The van der Waals surface area contributed by atoms with Crippen molar-refractivity contribution in [2.45, 2.75) is 52.2 Å². The molecule has 0 aliphatic carbocycles. The highest BCUT2D eigenvalue weighted by Crippen LogP contribution is 2.22. The Balaban J connectivity index is 2.03. The maximum Gasteiger partial charge on any atom is 0.244 e. The van der Waals surface area contributed by atoms with Crippen LogP contribution in [0.25, 0.3) is 0 Å². The molecule has 3 aromatic rings. The molecule has 0 aromatic heterocycles. The number of benzene rings is 3. The highest BCUT2D eigenvalue weighted by Gasteiger charge is 2.33. The van der Waals surface area contributed by atoms with Gasteiger partial charge in [-0.1, -0.05) is 77.5 Å². The monoisotopic (exact) mass is 613 g/mol. The number of hydrogen-bond acceptors (Lipinski definition) is 4. The van der Waals surface area contributed by atoms with Gasteiger partial charge in [0, 0.05) is 23.5 Å². The summed E-state index contributed by atoms with van der Waals surface area (Å²) < 4.78 is 27.7. The molecule has 0 radical (unpaired) electrons. The van der Waals surface area contributed by atoms with Crippen LogP contribution >= 0.6 is 15.9 Å². The van der Waals surface area contributed by atoms with Crippen molar-refractivity contribution in [3.05, 3.63) is 100 Å². The second-order valence-electron chi connectivity index (χ2n) is 9.81. The summed E-state index contributed by atoms with van der Waals surface area (Å²) in [4.78, 5) is 29.0. The van der Waals surface area contributed by atoms with Crippen LogP contribution in [0.4, 0.5) is 5.69 Å². The summed E-state index contributed by atoms with van der Waals surface area (Å²) in [6, 6.07) is 23.1. The predicted molar refractivity (Wildman–Crippen MR) is 160 cm³/mol. The molecule has 3 aromatic carbocycles. The summed E-state index contributed by atoms with van der Waals surface area (Å²) in [5.41, 5.74) is 3.17. The van der Waals surface area contributed by atoms with Crippen LogP contribution in [0.1, 0.15) is 37.5 Å². The normalized spacial score (nSPS) is 12.2. The zero-order valence-corrected chi connectivity index (χ0v) is 25.2. The number of anilines is 1. The summed E-state index contributed by atoms with van der Waals surface area (Å²) in [5, 5.41) is 2.95. The van der Waals surface area contributed by atoms with Gasteiger partial charge < -0.3 is 10.2 Å². The molecule has 0 saturated heterocycles. The second-order valence-corrected chi connectivity index (χ2v) is 12.6. The highest BCUT2D eigenvalue weighted by molar-refractivity contribution is 9.10. The lowest BCUT2D eigenvalue weighted by atomic mass is 10.0. The van der Waals surface area contributed by atoms with E-state index in [9.17, 15) is 18.0 Å². The van der Waals surface area contributed by atoms with Gasteiger partial charge in [-0.3, -0.25) is 13.9 Å². The van der Waals surface area contributed by atoms with Gasteiger partial charge in [0.2, 0.25) is 21.8 Å². The molecular formula is C30H36BrN3O4S. The number of hydrogen-bond donors (Lipinski definition) is 1. The lowest BCUT2D eigenvalue weighted by Crippen LogP contribution is -2.54. The molecule has 9 heteroatoms. The zero-order chi connectivity index (χ0) is 28.6. The van der Waals surface area contributed by atoms with Crippen LogP contribution in [-0.4, -0.2) is 50.0 Å². The number of nitrogens with zero attached hydrogens (tertiary/aromatic N) is 2. The highest BCUT2D eigenvalue weighted by atomic mass is 79.9. The standard InChI is InChI=1S/C30H36BrN3O4S/c1-5-23-13-17-27(18-14-23)34(39(4,37)38)21-29(35)33(20-25-11-15-26(31)16-12-25)28(30(36)32-22(2)3)19-24-9-7-6-8-10-24/h6-18,22,28H,5,19-21H2,1-4H3,(H,32,36). The first kappa shape index (κ1) is 30.4. The van der Waals surface area contributed by atoms with Gasteiger partial charge in [0.1, 0.15) is 12.6 Å². The quantitative estimate of drug-likeness (QED) is 0.313. The van der Waals surface area contributed by atoms with Crippen LogP contribution in [-0.2, 0) is 39.0 Å². The fraction of sp³-hybridized carbons (Fsp3) is 0.333. The van der Waals surface area contributed by atoms with Crippen LogP contribution < -0.4 is 9.62 Å². The SMILES string of the molecule is CCc1ccc(N(CC(=O)N(Cc2ccc(Br)cc2)C(Cc2ccccc2)C(=O)NC(C)C)S(C)(=O)=O)cc1. The molecule has 2 amide bonds. The Morgan fingerprint density at radius 2 is 1.46 bits per heavy atom. The first-order valence-corrected chi connectivity index (χ1v) is 15.6. The molecule has 0 heterocycles. The van der Waals surface area contributed by atoms with Crippen molar-refractivity contribution in [1.82, 2.24) is 10.2 Å². The van der Waals surface area contributed by atoms with Gasteiger partial charge in [0.05, 0.1) is 11.9 Å². The number of nitrogens with one attached hydrogen (secondary N) is 1. The Hall–Kier alpha value is -3.17. The Labute approximate surface area is 240 Å². The molecule has 1 unspecified atom stereocenters. The summed E-state index contributed by atoms with van der Waals surface area (Å²) in [7, 11) is -3.79. The average molecular weight is 615 g/mol. The minimum atomic E-state index is -3.79. The van der Waals surface area contributed by atoms with Crippen molar-refractivity contribution in [2.24, 2.45) is 0 Å². The first-order valence-electron chi connectivity index (χ1n) is 12.9. The van der Waals surface area contributed by atoms with Crippen molar-refractivity contribution >= 4 is 43.5 Å². The summed E-state index contributed by atoms with van der Waals surface area (Å²) >= 11 is 3.44. The maximum absolute atomic E-state index is 14.0. The number of rotatable bonds is 12. The van der Waals surface area contributed by atoms with Crippen molar-refractivity contribution in [3.8, 4) is 0 Å². The van der Waals surface area contributed by atoms with Crippen molar-refractivity contribution in [1.29, 1.82) is 0 Å². The molecule has 0 saturated carbocycles. The van der Waals surface area contributed by atoms with E-state index in [0.29, 0.717) is 5.69 Å². The Morgan fingerprint density at radius 1 is 0.872 bits per heavy atom. The lowest BCUT2D eigenvalue weighted by molar-refractivity contribution is -0.140. The predicted octanol–water partition coefficient (Wildman–Crippen LogP) is 4.94. The number of aryl methyl sites for hydroxylation is 1. The Bertz CT molecular complexity index is 1350. The topological polar surface area (TPSA) is 86.8 Å².